The van der Waals surface area contributed by atoms with Crippen LogP contribution in [0.3, 0.4) is 0 Å². The lowest BCUT2D eigenvalue weighted by Crippen LogP contribution is -2.36. The maximum atomic E-state index is 10.9. The Kier molecular flexibility index (Phi) is 1.98. The minimum Gasteiger partial charge on any atom is -0.480 e. The average molecular weight is 158 g/mol. The van der Waals surface area contributed by atoms with Crippen molar-refractivity contribution in [2.45, 2.75) is 13.0 Å². The van der Waals surface area contributed by atoms with Gasteiger partial charge >= 0.3 is 12.0 Å². The Labute approximate surface area is 64.0 Å². The first-order chi connectivity index (χ1) is 5.11. The van der Waals surface area contributed by atoms with Crippen LogP contribution in [0.25, 0.3) is 0 Å². The van der Waals surface area contributed by atoms with E-state index in [0.29, 0.717) is 6.54 Å². The maximum absolute atomic E-state index is 10.9. The summed E-state index contributed by atoms with van der Waals surface area (Å²) in [4.78, 5) is 22.4. The van der Waals surface area contributed by atoms with Gasteiger partial charge in [-0.05, 0) is 6.92 Å². The second kappa shape index (κ2) is 2.77. The van der Waals surface area contributed by atoms with Crippen LogP contribution in [0.5, 0.6) is 0 Å². The predicted octanol–water partition coefficient (Wildman–Crippen LogP) is -0.515. The monoisotopic (exact) mass is 158 g/mol. The molecule has 0 radical (unpaired) electrons. The molecule has 5 heteroatoms. The predicted molar refractivity (Wildman–Crippen MR) is 37.2 cm³/mol. The number of carbonyl (C=O) groups excluding carboxylic acids is 1. The summed E-state index contributed by atoms with van der Waals surface area (Å²) in [7, 11) is 0. The van der Waals surface area contributed by atoms with Crippen molar-refractivity contribution in [1.82, 2.24) is 10.2 Å². The highest BCUT2D eigenvalue weighted by Crippen LogP contribution is 2.04. The molecule has 62 valence electrons. The molecule has 1 aliphatic heterocycles. The molecule has 1 heterocycles. The van der Waals surface area contributed by atoms with Crippen LogP contribution in [0.15, 0.2) is 0 Å². The molecule has 0 spiro atoms. The van der Waals surface area contributed by atoms with Crippen LogP contribution in [0.2, 0.25) is 0 Å². The molecule has 0 aliphatic carbocycles. The SMILES string of the molecule is CC1CNC(=O)N1CC(=O)O. The highest BCUT2D eigenvalue weighted by Gasteiger charge is 2.28. The zero-order valence-electron chi connectivity index (χ0n) is 6.20. The Morgan fingerprint density at radius 1 is 1.91 bits per heavy atom. The van der Waals surface area contributed by atoms with Crippen LogP contribution < -0.4 is 5.32 Å². The van der Waals surface area contributed by atoms with E-state index in [1.165, 1.54) is 4.90 Å². The third kappa shape index (κ3) is 1.60. The number of carboxylic acids is 1. The van der Waals surface area contributed by atoms with Gasteiger partial charge < -0.3 is 15.3 Å². The fourth-order valence-electron chi connectivity index (χ4n) is 1.02. The highest BCUT2D eigenvalue weighted by atomic mass is 16.4. The maximum Gasteiger partial charge on any atom is 0.323 e. The van der Waals surface area contributed by atoms with Crippen LogP contribution in [-0.4, -0.2) is 41.1 Å². The van der Waals surface area contributed by atoms with Crippen molar-refractivity contribution in [2.24, 2.45) is 0 Å². The fourth-order valence-corrected chi connectivity index (χ4v) is 1.02. The van der Waals surface area contributed by atoms with Gasteiger partial charge in [-0.1, -0.05) is 0 Å². The molecule has 0 aromatic heterocycles. The van der Waals surface area contributed by atoms with Crippen molar-refractivity contribution in [2.75, 3.05) is 13.1 Å². The Bertz CT molecular complexity index is 192. The van der Waals surface area contributed by atoms with Crippen molar-refractivity contribution >= 4 is 12.0 Å². The summed E-state index contributed by atoms with van der Waals surface area (Å²) in [6.07, 6.45) is 0. The molecular formula is C6H10N2O3. The Balaban J connectivity index is 2.54. The smallest absolute Gasteiger partial charge is 0.323 e. The Hall–Kier alpha value is -1.26. The summed E-state index contributed by atoms with van der Waals surface area (Å²) in [6.45, 7) is 2.12. The summed E-state index contributed by atoms with van der Waals surface area (Å²) in [6, 6.07) is -0.307. The summed E-state index contributed by atoms with van der Waals surface area (Å²) in [5, 5.41) is 10.9. The van der Waals surface area contributed by atoms with Crippen LogP contribution in [-0.2, 0) is 4.79 Å². The standard InChI is InChI=1S/C6H10N2O3/c1-4-2-7-6(11)8(4)3-5(9)10/h4H,2-3H2,1H3,(H,7,11)(H,9,10). The number of carboxylic acid groups (broad SMARTS) is 1. The Morgan fingerprint density at radius 3 is 2.91 bits per heavy atom. The third-order valence-electron chi connectivity index (χ3n) is 1.65. The second-order valence-electron chi connectivity index (χ2n) is 2.56. The number of nitrogens with zero attached hydrogens (tertiary/aromatic N) is 1. The van der Waals surface area contributed by atoms with Crippen molar-refractivity contribution in [3.05, 3.63) is 0 Å². The summed E-state index contributed by atoms with van der Waals surface area (Å²) < 4.78 is 0. The number of nitrogens with one attached hydrogen (secondary N) is 1. The van der Waals surface area contributed by atoms with Gasteiger partial charge in [0.15, 0.2) is 0 Å². The van der Waals surface area contributed by atoms with Gasteiger partial charge in [0, 0.05) is 12.6 Å². The van der Waals surface area contributed by atoms with Crippen LogP contribution in [0.4, 0.5) is 4.79 Å². The van der Waals surface area contributed by atoms with Crippen LogP contribution in [0.1, 0.15) is 6.92 Å². The summed E-state index contributed by atoms with van der Waals surface area (Å²) in [5.74, 6) is -0.978. The zero-order chi connectivity index (χ0) is 8.43. The van der Waals surface area contributed by atoms with E-state index in [9.17, 15) is 9.59 Å². The normalized spacial score (nSPS) is 23.5. The molecule has 0 saturated carbocycles. The quantitative estimate of drug-likeness (QED) is 0.568. The topological polar surface area (TPSA) is 69.6 Å². The second-order valence-corrected chi connectivity index (χ2v) is 2.56. The van der Waals surface area contributed by atoms with Gasteiger partial charge in [0.05, 0.1) is 0 Å². The van der Waals surface area contributed by atoms with E-state index in [1.54, 1.807) is 6.92 Å². The average Bonchev–Trinajstić information content (AvgIpc) is 2.18. The van der Waals surface area contributed by atoms with E-state index in [-0.39, 0.29) is 18.6 Å². The van der Waals surface area contributed by atoms with E-state index in [4.69, 9.17) is 5.11 Å². The fraction of sp³-hybridized carbons (Fsp3) is 0.667. The van der Waals surface area contributed by atoms with Crippen molar-refractivity contribution < 1.29 is 14.7 Å². The van der Waals surface area contributed by atoms with Crippen molar-refractivity contribution in [1.29, 1.82) is 0 Å². The van der Waals surface area contributed by atoms with E-state index in [2.05, 4.69) is 5.32 Å². The minimum absolute atomic E-state index is 0.0152. The van der Waals surface area contributed by atoms with E-state index in [1.807, 2.05) is 0 Å². The lowest BCUT2D eigenvalue weighted by atomic mass is 10.3. The third-order valence-corrected chi connectivity index (χ3v) is 1.65. The first-order valence-corrected chi connectivity index (χ1v) is 3.37. The number of rotatable bonds is 2. The number of hydrogen-bond donors (Lipinski definition) is 2. The Morgan fingerprint density at radius 2 is 2.55 bits per heavy atom. The molecule has 11 heavy (non-hydrogen) atoms. The van der Waals surface area contributed by atoms with Crippen molar-refractivity contribution in [3.63, 3.8) is 0 Å². The summed E-state index contributed by atoms with van der Waals surface area (Å²) in [5.41, 5.74) is 0. The molecule has 1 aliphatic rings. The molecule has 1 saturated heterocycles. The van der Waals surface area contributed by atoms with Gasteiger partial charge in [-0.25, -0.2) is 4.79 Å². The number of aliphatic carboxylic acids is 1. The van der Waals surface area contributed by atoms with E-state index < -0.39 is 5.97 Å². The molecule has 0 aromatic carbocycles. The number of hydrogen-bond acceptors (Lipinski definition) is 2. The lowest BCUT2D eigenvalue weighted by Gasteiger charge is -2.16. The van der Waals surface area contributed by atoms with Crippen molar-refractivity contribution in [3.8, 4) is 0 Å². The molecule has 5 nitrogen and oxygen atoms in total. The van der Waals surface area contributed by atoms with Gasteiger partial charge in [0.2, 0.25) is 0 Å². The molecule has 2 amide bonds. The first kappa shape index (κ1) is 7.84. The first-order valence-electron chi connectivity index (χ1n) is 3.37. The highest BCUT2D eigenvalue weighted by molar-refractivity contribution is 5.81. The molecule has 1 rings (SSSR count). The lowest BCUT2D eigenvalue weighted by molar-refractivity contribution is -0.137. The van der Waals surface area contributed by atoms with E-state index >= 15 is 0 Å². The van der Waals surface area contributed by atoms with Gasteiger partial charge in [-0.2, -0.15) is 0 Å². The van der Waals surface area contributed by atoms with Gasteiger partial charge in [0.1, 0.15) is 6.54 Å². The molecule has 0 bridgehead atoms. The van der Waals surface area contributed by atoms with Crippen LogP contribution >= 0.6 is 0 Å². The van der Waals surface area contributed by atoms with Crippen LogP contribution in [0, 0.1) is 0 Å². The molecule has 1 unspecified atom stereocenters. The van der Waals surface area contributed by atoms with Gasteiger partial charge in [0.25, 0.3) is 0 Å². The zero-order valence-corrected chi connectivity index (χ0v) is 6.20. The van der Waals surface area contributed by atoms with Gasteiger partial charge in [-0.3, -0.25) is 4.79 Å². The molecule has 1 atom stereocenters. The molecule has 0 aromatic rings. The molecular weight excluding hydrogens is 148 g/mol. The minimum atomic E-state index is -0.978. The number of amides is 2. The largest absolute Gasteiger partial charge is 0.480 e. The summed E-state index contributed by atoms with van der Waals surface area (Å²) >= 11 is 0. The molecule has 1 fully saturated rings. The van der Waals surface area contributed by atoms with Gasteiger partial charge in [-0.15, -0.1) is 0 Å². The number of carbonyl (C=O) groups is 2. The van der Waals surface area contributed by atoms with E-state index in [0.717, 1.165) is 0 Å². The molecule has 2 N–H and O–H groups in total. The number of urea groups is 1.